The smallest absolute Gasteiger partial charge is 0.279 e. The fourth-order valence-corrected chi connectivity index (χ4v) is 4.33. The third kappa shape index (κ3) is 6.03. The van der Waals surface area contributed by atoms with Gasteiger partial charge in [0.1, 0.15) is 12.4 Å². The summed E-state index contributed by atoms with van der Waals surface area (Å²) in [6.07, 6.45) is 1.59. The van der Waals surface area contributed by atoms with Gasteiger partial charge in [-0.1, -0.05) is 41.4 Å². The van der Waals surface area contributed by atoms with Gasteiger partial charge in [0.25, 0.3) is 11.8 Å². The summed E-state index contributed by atoms with van der Waals surface area (Å²) in [7, 11) is 1.45. The third-order valence-corrected chi connectivity index (χ3v) is 6.27. The van der Waals surface area contributed by atoms with Gasteiger partial charge in [-0.25, -0.2) is 4.39 Å². The Morgan fingerprint density at radius 2 is 1.89 bits per heavy atom. The first kappa shape index (κ1) is 24.8. The van der Waals surface area contributed by atoms with Crippen LogP contribution in [0.15, 0.2) is 70.6 Å². The minimum absolute atomic E-state index is 0.0388. The monoisotopic (exact) mass is 530 g/mol. The van der Waals surface area contributed by atoms with Gasteiger partial charge < -0.3 is 14.8 Å². The van der Waals surface area contributed by atoms with Crippen molar-refractivity contribution in [2.75, 3.05) is 7.11 Å². The topological polar surface area (TPSA) is 77.0 Å². The van der Waals surface area contributed by atoms with Gasteiger partial charge in [0, 0.05) is 16.1 Å². The van der Waals surface area contributed by atoms with Gasteiger partial charge in [0.05, 0.1) is 17.0 Å². The van der Waals surface area contributed by atoms with E-state index in [1.807, 2.05) is 0 Å². The lowest BCUT2D eigenvalue weighted by Crippen LogP contribution is -2.20. The Hall–Kier alpha value is -3.33. The molecule has 0 atom stereocenters. The second-order valence-corrected chi connectivity index (χ2v) is 9.08. The summed E-state index contributed by atoms with van der Waals surface area (Å²) in [6.45, 7) is -0.0388. The fourth-order valence-electron chi connectivity index (χ4n) is 3.11. The molecular weight excluding hydrogens is 514 g/mol. The Bertz CT molecular complexity index is 1360. The number of nitrogens with zero attached hydrogens (tertiary/aromatic N) is 1. The molecule has 35 heavy (non-hydrogen) atoms. The van der Waals surface area contributed by atoms with Crippen LogP contribution in [0.2, 0.25) is 10.0 Å². The zero-order valence-electron chi connectivity index (χ0n) is 18.2. The highest BCUT2D eigenvalue weighted by Gasteiger charge is 2.25. The number of amidine groups is 1. The van der Waals surface area contributed by atoms with Crippen LogP contribution in [0.25, 0.3) is 6.08 Å². The van der Waals surface area contributed by atoms with E-state index in [1.54, 1.807) is 60.7 Å². The molecule has 0 spiro atoms. The Labute approximate surface area is 214 Å². The fraction of sp³-hybridized carbons (Fsp3) is 0.0800. The molecule has 6 nitrogen and oxygen atoms in total. The summed E-state index contributed by atoms with van der Waals surface area (Å²) in [5.74, 6) is -0.741. The molecule has 1 aliphatic heterocycles. The molecule has 0 unspecified atom stereocenters. The molecule has 0 saturated carbocycles. The van der Waals surface area contributed by atoms with Crippen molar-refractivity contribution in [1.29, 1.82) is 0 Å². The van der Waals surface area contributed by atoms with Crippen LogP contribution in [-0.4, -0.2) is 24.1 Å². The molecule has 2 amide bonds. The standard InChI is InChI=1S/C25H17Cl2FN2O4S/c1-33-20-11-14(10-18(27)22(20)34-13-16-4-2-3-5-19(16)28)12-21-24(32)30-25(35-21)29-23(31)15-6-8-17(26)9-7-15/h2-12H,13H2,1H3,(H,29,30,31,32)/b21-12-. The molecule has 1 heterocycles. The molecular formula is C25H17Cl2FN2O4S. The minimum Gasteiger partial charge on any atom is -0.493 e. The number of halogens is 3. The molecule has 1 aliphatic rings. The van der Waals surface area contributed by atoms with Crippen molar-refractivity contribution in [3.8, 4) is 11.5 Å². The maximum atomic E-state index is 13.9. The van der Waals surface area contributed by atoms with Crippen molar-refractivity contribution in [3.05, 3.63) is 98.1 Å². The predicted octanol–water partition coefficient (Wildman–Crippen LogP) is 6.12. The van der Waals surface area contributed by atoms with Crippen LogP contribution in [0.5, 0.6) is 11.5 Å². The highest BCUT2D eigenvalue weighted by atomic mass is 35.5. The molecule has 0 aromatic heterocycles. The van der Waals surface area contributed by atoms with E-state index < -0.39 is 11.8 Å². The largest absolute Gasteiger partial charge is 0.493 e. The van der Waals surface area contributed by atoms with Crippen LogP contribution in [0.1, 0.15) is 21.5 Å². The van der Waals surface area contributed by atoms with Gasteiger partial charge in [-0.05, 0) is 65.9 Å². The van der Waals surface area contributed by atoms with Gasteiger partial charge in [0.15, 0.2) is 16.7 Å². The van der Waals surface area contributed by atoms with E-state index in [0.717, 1.165) is 11.8 Å². The second-order valence-electron chi connectivity index (χ2n) is 7.21. The summed E-state index contributed by atoms with van der Waals surface area (Å²) in [5, 5.41) is 3.45. The number of benzene rings is 3. The van der Waals surface area contributed by atoms with Crippen LogP contribution in [0, 0.1) is 5.82 Å². The van der Waals surface area contributed by atoms with Crippen LogP contribution in [0.4, 0.5) is 4.39 Å². The summed E-state index contributed by atoms with van der Waals surface area (Å²) in [4.78, 5) is 29.0. The number of ether oxygens (including phenoxy) is 2. The zero-order valence-corrected chi connectivity index (χ0v) is 20.5. The van der Waals surface area contributed by atoms with E-state index in [1.165, 1.54) is 13.2 Å². The molecule has 0 radical (unpaired) electrons. The second kappa shape index (κ2) is 10.9. The molecule has 178 valence electrons. The van der Waals surface area contributed by atoms with E-state index in [9.17, 15) is 14.0 Å². The first-order chi connectivity index (χ1) is 16.8. The van der Waals surface area contributed by atoms with Crippen LogP contribution in [-0.2, 0) is 11.4 Å². The van der Waals surface area contributed by atoms with Gasteiger partial charge in [-0.2, -0.15) is 4.99 Å². The summed E-state index contributed by atoms with van der Waals surface area (Å²) < 4.78 is 25.0. The quantitative estimate of drug-likeness (QED) is 0.388. The van der Waals surface area contributed by atoms with Crippen LogP contribution >= 0.6 is 35.0 Å². The van der Waals surface area contributed by atoms with E-state index in [2.05, 4.69) is 10.3 Å². The average Bonchev–Trinajstić information content (AvgIpc) is 3.17. The number of methoxy groups -OCH3 is 1. The molecule has 4 rings (SSSR count). The highest BCUT2D eigenvalue weighted by molar-refractivity contribution is 8.18. The van der Waals surface area contributed by atoms with Gasteiger partial charge in [-0.15, -0.1) is 0 Å². The van der Waals surface area contributed by atoms with Gasteiger partial charge in [-0.3, -0.25) is 9.59 Å². The Kier molecular flexibility index (Phi) is 7.75. The van der Waals surface area contributed by atoms with Gasteiger partial charge in [0.2, 0.25) is 0 Å². The maximum absolute atomic E-state index is 13.9. The number of rotatable bonds is 6. The number of carbonyl (C=O) groups excluding carboxylic acids is 2. The number of carbonyl (C=O) groups is 2. The van der Waals surface area contributed by atoms with E-state index in [0.29, 0.717) is 32.4 Å². The lowest BCUT2D eigenvalue weighted by atomic mass is 10.1. The first-order valence-corrected chi connectivity index (χ1v) is 11.7. The van der Waals surface area contributed by atoms with Crippen LogP contribution < -0.4 is 14.8 Å². The number of nitrogens with one attached hydrogen (secondary N) is 1. The number of thioether (sulfide) groups is 1. The third-order valence-electron chi connectivity index (χ3n) is 4.82. The molecule has 1 saturated heterocycles. The zero-order chi connectivity index (χ0) is 24.9. The Morgan fingerprint density at radius 3 is 2.60 bits per heavy atom. The van der Waals surface area contributed by atoms with E-state index >= 15 is 0 Å². The van der Waals surface area contributed by atoms with Crippen molar-refractivity contribution in [2.45, 2.75) is 6.61 Å². The molecule has 0 aliphatic carbocycles. The average molecular weight is 531 g/mol. The van der Waals surface area contributed by atoms with Crippen molar-refractivity contribution in [1.82, 2.24) is 5.32 Å². The van der Waals surface area contributed by atoms with E-state index in [-0.39, 0.29) is 28.4 Å². The molecule has 10 heteroatoms. The normalized spacial score (nSPS) is 15.4. The minimum atomic E-state index is -0.508. The van der Waals surface area contributed by atoms with Gasteiger partial charge >= 0.3 is 0 Å². The molecule has 3 aromatic rings. The lowest BCUT2D eigenvalue weighted by molar-refractivity contribution is -0.115. The summed E-state index contributed by atoms with van der Waals surface area (Å²) in [6, 6.07) is 15.8. The predicted molar refractivity (Wildman–Crippen MR) is 136 cm³/mol. The lowest BCUT2D eigenvalue weighted by Gasteiger charge is -2.14. The van der Waals surface area contributed by atoms with Crippen molar-refractivity contribution in [2.24, 2.45) is 4.99 Å². The number of aliphatic imine (C=N–C) groups is 1. The molecule has 3 aromatic carbocycles. The SMILES string of the molecule is COc1cc(/C=C2\SC(=NC(=O)c3ccc(Cl)cc3)NC2=O)cc(Cl)c1OCc1ccccc1F. The maximum Gasteiger partial charge on any atom is 0.279 e. The Balaban J connectivity index is 1.52. The summed E-state index contributed by atoms with van der Waals surface area (Å²) in [5.41, 5.74) is 1.28. The number of amides is 2. The first-order valence-electron chi connectivity index (χ1n) is 10.2. The summed E-state index contributed by atoms with van der Waals surface area (Å²) >= 11 is 13.3. The van der Waals surface area contributed by atoms with Crippen molar-refractivity contribution >= 4 is 58.0 Å². The van der Waals surface area contributed by atoms with Crippen LogP contribution in [0.3, 0.4) is 0 Å². The molecule has 1 fully saturated rings. The molecule has 0 bridgehead atoms. The van der Waals surface area contributed by atoms with Crippen molar-refractivity contribution in [3.63, 3.8) is 0 Å². The molecule has 1 N–H and O–H groups in total. The number of hydrogen-bond acceptors (Lipinski definition) is 5. The Morgan fingerprint density at radius 1 is 1.14 bits per heavy atom. The van der Waals surface area contributed by atoms with E-state index in [4.69, 9.17) is 32.7 Å². The highest BCUT2D eigenvalue weighted by Crippen LogP contribution is 2.38. The van der Waals surface area contributed by atoms with Crippen molar-refractivity contribution < 1.29 is 23.5 Å². The number of hydrogen-bond donors (Lipinski definition) is 1.